The summed E-state index contributed by atoms with van der Waals surface area (Å²) in [4.78, 5) is 12.5. The number of nitrogens with one attached hydrogen (secondary N) is 2. The number of benzene rings is 1. The van der Waals surface area contributed by atoms with Gasteiger partial charge in [0.2, 0.25) is 0 Å². The van der Waals surface area contributed by atoms with E-state index in [4.69, 9.17) is 0 Å². The van der Waals surface area contributed by atoms with Crippen molar-refractivity contribution in [3.05, 3.63) is 40.3 Å². The maximum Gasteiger partial charge on any atom is 0.341 e. The number of nitrogens with zero attached hydrogens (tertiary/aromatic N) is 1. The number of halogens is 1. The van der Waals surface area contributed by atoms with Crippen molar-refractivity contribution < 1.29 is 9.18 Å². The summed E-state index contributed by atoms with van der Waals surface area (Å²) in [7, 11) is 0. The first kappa shape index (κ1) is 13.6. The maximum atomic E-state index is 14.6. The van der Waals surface area contributed by atoms with Crippen molar-refractivity contribution in [2.45, 2.75) is 51.5 Å². The first-order valence-corrected chi connectivity index (χ1v) is 8.05. The summed E-state index contributed by atoms with van der Waals surface area (Å²) in [5.41, 5.74) is 7.52. The summed E-state index contributed by atoms with van der Waals surface area (Å²) in [6.45, 7) is 1.95. The van der Waals surface area contributed by atoms with Crippen LogP contribution >= 0.6 is 0 Å². The molecule has 0 unspecified atom stereocenters. The summed E-state index contributed by atoms with van der Waals surface area (Å²) in [5.74, 6) is -0.00710. The van der Waals surface area contributed by atoms with Crippen LogP contribution in [0.4, 0.5) is 14.9 Å². The number of hydrogen-bond donors (Lipinski definition) is 2. The molecular weight excluding hydrogens is 281 g/mol. The molecule has 0 fully saturated rings. The Balaban J connectivity index is 1.72. The molecular formula is C17H20FN3O. The second kappa shape index (κ2) is 5.00. The zero-order valence-electron chi connectivity index (χ0n) is 12.7. The highest BCUT2D eigenvalue weighted by Crippen LogP contribution is 2.41. The number of carbonyl (C=O) groups excluding carboxylic acids is 1. The Morgan fingerprint density at radius 1 is 1.18 bits per heavy atom. The van der Waals surface area contributed by atoms with Crippen LogP contribution in [0, 0.1) is 5.82 Å². The molecule has 0 spiro atoms. The van der Waals surface area contributed by atoms with Gasteiger partial charge in [0, 0.05) is 11.9 Å². The Morgan fingerprint density at radius 3 is 2.32 bits per heavy atom. The van der Waals surface area contributed by atoms with Gasteiger partial charge in [0.15, 0.2) is 0 Å². The minimum atomic E-state index is -0.174. The third-order valence-corrected chi connectivity index (χ3v) is 5.02. The lowest BCUT2D eigenvalue weighted by Crippen LogP contribution is -2.44. The summed E-state index contributed by atoms with van der Waals surface area (Å²) in [6, 6.07) is -0.158. The van der Waals surface area contributed by atoms with Gasteiger partial charge >= 0.3 is 6.03 Å². The van der Waals surface area contributed by atoms with Crippen LogP contribution in [0.2, 0.25) is 0 Å². The molecule has 0 radical (unpaired) electrons. The van der Waals surface area contributed by atoms with Gasteiger partial charge in [-0.2, -0.15) is 0 Å². The number of urea groups is 1. The van der Waals surface area contributed by atoms with E-state index in [1.54, 1.807) is 11.2 Å². The average molecular weight is 301 g/mol. The van der Waals surface area contributed by atoms with E-state index in [1.807, 2.05) is 13.0 Å². The monoisotopic (exact) mass is 301 g/mol. The van der Waals surface area contributed by atoms with E-state index in [1.165, 1.54) is 0 Å². The molecule has 0 saturated heterocycles. The standard InChI is InChI=1S/C17H20FN3O/c1-10-8-9-19-21(10)17(22)20-16-13-6-2-4-11(13)15(18)12-5-3-7-14(12)16/h8-10,19H,2-7H2,1H3,(H,20,22)/t10-/m1/s1. The number of hydrogen-bond acceptors (Lipinski definition) is 2. The minimum Gasteiger partial charge on any atom is -0.306 e. The van der Waals surface area contributed by atoms with E-state index in [2.05, 4.69) is 10.7 Å². The molecule has 22 heavy (non-hydrogen) atoms. The highest BCUT2D eigenvalue weighted by Gasteiger charge is 2.31. The van der Waals surface area contributed by atoms with Gasteiger partial charge in [-0.1, -0.05) is 0 Å². The molecule has 5 heteroatoms. The fraction of sp³-hybridized carbons (Fsp3) is 0.471. The fourth-order valence-corrected chi connectivity index (χ4v) is 3.92. The molecule has 2 aliphatic carbocycles. The second-order valence-electron chi connectivity index (χ2n) is 6.34. The number of amides is 2. The van der Waals surface area contributed by atoms with Crippen LogP contribution in [0.1, 0.15) is 42.0 Å². The predicted molar refractivity (Wildman–Crippen MR) is 83.0 cm³/mol. The molecule has 1 atom stereocenters. The van der Waals surface area contributed by atoms with Gasteiger partial charge in [0.1, 0.15) is 5.82 Å². The van der Waals surface area contributed by atoms with Gasteiger partial charge in [0.05, 0.1) is 6.04 Å². The first-order chi connectivity index (χ1) is 10.7. The number of rotatable bonds is 1. The normalized spacial score (nSPS) is 21.7. The van der Waals surface area contributed by atoms with Gasteiger partial charge in [-0.05, 0) is 73.8 Å². The summed E-state index contributed by atoms with van der Waals surface area (Å²) >= 11 is 0. The van der Waals surface area contributed by atoms with Crippen LogP contribution in [0.3, 0.4) is 0 Å². The molecule has 116 valence electrons. The number of hydrazine groups is 1. The first-order valence-electron chi connectivity index (χ1n) is 8.05. The average Bonchev–Trinajstić information content (AvgIpc) is 3.22. The Hall–Kier alpha value is -2.04. The van der Waals surface area contributed by atoms with E-state index in [9.17, 15) is 9.18 Å². The van der Waals surface area contributed by atoms with Gasteiger partial charge in [-0.25, -0.2) is 14.2 Å². The molecule has 1 aromatic rings. The molecule has 1 heterocycles. The van der Waals surface area contributed by atoms with Crippen molar-refractivity contribution in [2.24, 2.45) is 0 Å². The number of carbonyl (C=O) groups is 1. The fourth-order valence-electron chi connectivity index (χ4n) is 3.92. The lowest BCUT2D eigenvalue weighted by molar-refractivity contribution is 0.193. The van der Waals surface area contributed by atoms with E-state index >= 15 is 0 Å². The molecule has 1 aromatic carbocycles. The lowest BCUT2D eigenvalue weighted by atomic mass is 9.98. The van der Waals surface area contributed by atoms with Crippen molar-refractivity contribution >= 4 is 11.7 Å². The number of fused-ring (bicyclic) bond motifs is 2. The van der Waals surface area contributed by atoms with E-state index in [0.717, 1.165) is 66.5 Å². The zero-order valence-corrected chi connectivity index (χ0v) is 12.7. The SMILES string of the molecule is C[C@@H]1C=CNN1C(=O)Nc1c2c(c(F)c3c1CCC3)CCC2. The third kappa shape index (κ3) is 1.91. The largest absolute Gasteiger partial charge is 0.341 e. The van der Waals surface area contributed by atoms with Gasteiger partial charge in [-0.15, -0.1) is 0 Å². The van der Waals surface area contributed by atoms with E-state index < -0.39 is 0 Å². The molecule has 2 N–H and O–H groups in total. The predicted octanol–water partition coefficient (Wildman–Crippen LogP) is 3.06. The maximum absolute atomic E-state index is 14.6. The van der Waals surface area contributed by atoms with Crippen molar-refractivity contribution in [1.82, 2.24) is 10.4 Å². The molecule has 0 aromatic heterocycles. The molecule has 4 rings (SSSR count). The van der Waals surface area contributed by atoms with Crippen LogP contribution in [-0.4, -0.2) is 17.1 Å². The highest BCUT2D eigenvalue weighted by atomic mass is 19.1. The van der Waals surface area contributed by atoms with E-state index in [-0.39, 0.29) is 17.9 Å². The topological polar surface area (TPSA) is 44.4 Å². The minimum absolute atomic E-state index is 0.00710. The van der Waals surface area contributed by atoms with Gasteiger partial charge in [-0.3, -0.25) is 0 Å². The molecule has 0 saturated carbocycles. The lowest BCUT2D eigenvalue weighted by Gasteiger charge is -2.24. The zero-order chi connectivity index (χ0) is 15.3. The van der Waals surface area contributed by atoms with Crippen LogP contribution in [-0.2, 0) is 25.7 Å². The molecule has 0 bridgehead atoms. The Labute approximate surface area is 129 Å². The van der Waals surface area contributed by atoms with E-state index in [0.29, 0.717) is 0 Å². The van der Waals surface area contributed by atoms with Crippen LogP contribution in [0.15, 0.2) is 12.3 Å². The molecule has 3 aliphatic rings. The molecule has 1 aliphatic heterocycles. The third-order valence-electron chi connectivity index (χ3n) is 5.02. The second-order valence-corrected chi connectivity index (χ2v) is 6.34. The van der Waals surface area contributed by atoms with Crippen molar-refractivity contribution in [3.63, 3.8) is 0 Å². The summed E-state index contributed by atoms with van der Waals surface area (Å²) in [5, 5.41) is 4.62. The Morgan fingerprint density at radius 2 is 1.77 bits per heavy atom. The Bertz CT molecular complexity index is 648. The van der Waals surface area contributed by atoms with Crippen LogP contribution in [0.5, 0.6) is 0 Å². The Kier molecular flexibility index (Phi) is 3.10. The van der Waals surface area contributed by atoms with Crippen molar-refractivity contribution in [3.8, 4) is 0 Å². The summed E-state index contributed by atoms with van der Waals surface area (Å²) in [6.07, 6.45) is 8.93. The smallest absolute Gasteiger partial charge is 0.306 e. The van der Waals surface area contributed by atoms with Crippen molar-refractivity contribution in [2.75, 3.05) is 5.32 Å². The number of anilines is 1. The van der Waals surface area contributed by atoms with Crippen LogP contribution in [0.25, 0.3) is 0 Å². The highest BCUT2D eigenvalue weighted by molar-refractivity contribution is 5.92. The molecule has 4 nitrogen and oxygen atoms in total. The van der Waals surface area contributed by atoms with Crippen molar-refractivity contribution in [1.29, 1.82) is 0 Å². The van der Waals surface area contributed by atoms with Crippen LogP contribution < -0.4 is 10.7 Å². The molecule has 2 amide bonds. The summed E-state index contributed by atoms with van der Waals surface area (Å²) < 4.78 is 14.6. The quantitative estimate of drug-likeness (QED) is 0.837. The van der Waals surface area contributed by atoms with Gasteiger partial charge < -0.3 is 10.7 Å². The van der Waals surface area contributed by atoms with Gasteiger partial charge in [0.25, 0.3) is 0 Å².